The molecular weight excluding hydrogens is 363 g/mol. The van der Waals surface area contributed by atoms with Crippen LogP contribution >= 0.6 is 23.2 Å². The molecule has 0 fully saturated rings. The van der Waals surface area contributed by atoms with Crippen LogP contribution in [-0.2, 0) is 9.53 Å². The predicted molar refractivity (Wildman–Crippen MR) is 85.3 cm³/mol. The van der Waals surface area contributed by atoms with E-state index in [1.807, 2.05) is 0 Å². The number of furan rings is 1. The lowest BCUT2D eigenvalue weighted by molar-refractivity contribution is -0.402. The highest BCUT2D eigenvalue weighted by Gasteiger charge is 2.23. The van der Waals surface area contributed by atoms with Crippen molar-refractivity contribution >= 4 is 46.6 Å². The number of nitrogens with zero attached hydrogens (tertiary/aromatic N) is 1. The zero-order valence-corrected chi connectivity index (χ0v) is 13.6. The van der Waals surface area contributed by atoms with Crippen LogP contribution in [0, 0.1) is 10.1 Å². The minimum Gasteiger partial charge on any atom is -0.447 e. The molecule has 0 aliphatic heterocycles. The summed E-state index contributed by atoms with van der Waals surface area (Å²) in [7, 11) is 0. The van der Waals surface area contributed by atoms with Crippen molar-refractivity contribution in [3.8, 4) is 0 Å². The number of hydrogen-bond acceptors (Lipinski definition) is 6. The molecular formula is C14H10Cl2N2O6. The minimum absolute atomic E-state index is 0.324. The van der Waals surface area contributed by atoms with E-state index in [0.717, 1.165) is 12.1 Å². The largest absolute Gasteiger partial charge is 0.447 e. The third-order valence-corrected chi connectivity index (χ3v) is 3.19. The van der Waals surface area contributed by atoms with Gasteiger partial charge in [0.1, 0.15) is 4.92 Å². The Labute approximate surface area is 145 Å². The highest BCUT2D eigenvalue weighted by atomic mass is 35.5. The van der Waals surface area contributed by atoms with E-state index in [9.17, 15) is 19.7 Å². The van der Waals surface area contributed by atoms with Crippen LogP contribution in [0.2, 0.25) is 10.0 Å². The Kier molecular flexibility index (Phi) is 5.42. The number of nitro groups is 1. The SMILES string of the molecule is CC(OC(=O)c1ccc([N+](=O)[O-])o1)C(=O)Nc1cc(Cl)cc(Cl)c1. The number of esters is 1. The summed E-state index contributed by atoms with van der Waals surface area (Å²) in [6, 6.07) is 6.52. The highest BCUT2D eigenvalue weighted by molar-refractivity contribution is 6.35. The summed E-state index contributed by atoms with van der Waals surface area (Å²) in [4.78, 5) is 33.5. The molecule has 1 heterocycles. The van der Waals surface area contributed by atoms with Crippen molar-refractivity contribution in [3.63, 3.8) is 0 Å². The highest BCUT2D eigenvalue weighted by Crippen LogP contribution is 2.23. The maximum absolute atomic E-state index is 12.0. The fourth-order valence-corrected chi connectivity index (χ4v) is 2.20. The third kappa shape index (κ3) is 4.46. The predicted octanol–water partition coefficient (Wildman–Crippen LogP) is 3.68. The maximum Gasteiger partial charge on any atom is 0.433 e. The van der Waals surface area contributed by atoms with Gasteiger partial charge in [0.25, 0.3) is 5.91 Å². The van der Waals surface area contributed by atoms with Crippen molar-refractivity contribution < 1.29 is 23.7 Å². The molecule has 1 atom stereocenters. The van der Waals surface area contributed by atoms with Crippen LogP contribution in [0.25, 0.3) is 0 Å². The Bertz CT molecular complexity index is 784. The van der Waals surface area contributed by atoms with Gasteiger partial charge in [0.2, 0.25) is 5.76 Å². The Hall–Kier alpha value is -2.58. The van der Waals surface area contributed by atoms with E-state index in [4.69, 9.17) is 32.4 Å². The van der Waals surface area contributed by atoms with Crippen molar-refractivity contribution in [2.75, 3.05) is 5.32 Å². The fraction of sp³-hybridized carbons (Fsp3) is 0.143. The summed E-state index contributed by atoms with van der Waals surface area (Å²) in [6.07, 6.45) is -1.18. The third-order valence-electron chi connectivity index (χ3n) is 2.76. The summed E-state index contributed by atoms with van der Waals surface area (Å²) >= 11 is 11.6. The smallest absolute Gasteiger partial charge is 0.433 e. The summed E-state index contributed by atoms with van der Waals surface area (Å²) in [5, 5.41) is 13.6. The monoisotopic (exact) mass is 372 g/mol. The Morgan fingerprint density at radius 2 is 1.88 bits per heavy atom. The normalized spacial score (nSPS) is 11.6. The molecule has 2 aromatic rings. The van der Waals surface area contributed by atoms with E-state index in [2.05, 4.69) is 5.32 Å². The van der Waals surface area contributed by atoms with E-state index >= 15 is 0 Å². The second-order valence-corrected chi connectivity index (χ2v) is 5.46. The van der Waals surface area contributed by atoms with Gasteiger partial charge in [-0.15, -0.1) is 0 Å². The molecule has 0 bridgehead atoms. The van der Waals surface area contributed by atoms with Gasteiger partial charge in [0.15, 0.2) is 6.10 Å². The molecule has 0 saturated carbocycles. The number of anilines is 1. The maximum atomic E-state index is 12.0. The molecule has 1 aromatic carbocycles. The topological polar surface area (TPSA) is 112 Å². The van der Waals surface area contributed by atoms with E-state index in [1.54, 1.807) is 0 Å². The number of halogens is 2. The van der Waals surface area contributed by atoms with Crippen LogP contribution in [0.1, 0.15) is 17.5 Å². The molecule has 0 saturated heterocycles. The van der Waals surface area contributed by atoms with Crippen molar-refractivity contribution in [2.45, 2.75) is 13.0 Å². The first kappa shape index (κ1) is 17.8. The number of carbonyl (C=O) groups is 2. The number of ether oxygens (including phenoxy) is 1. The molecule has 8 nitrogen and oxygen atoms in total. The van der Waals surface area contributed by atoms with Gasteiger partial charge < -0.3 is 14.5 Å². The van der Waals surface area contributed by atoms with E-state index in [-0.39, 0.29) is 5.76 Å². The zero-order valence-electron chi connectivity index (χ0n) is 12.1. The molecule has 2 rings (SSSR count). The molecule has 0 aliphatic rings. The molecule has 0 radical (unpaired) electrons. The molecule has 10 heteroatoms. The molecule has 0 spiro atoms. The summed E-state index contributed by atoms with van der Waals surface area (Å²) in [6.45, 7) is 1.33. The van der Waals surface area contributed by atoms with Gasteiger partial charge in [-0.25, -0.2) is 4.79 Å². The minimum atomic E-state index is -1.18. The van der Waals surface area contributed by atoms with Crippen LogP contribution < -0.4 is 5.32 Å². The number of hydrogen-bond donors (Lipinski definition) is 1. The molecule has 1 aromatic heterocycles. The summed E-state index contributed by atoms with van der Waals surface area (Å²) in [5.74, 6) is -2.63. The second kappa shape index (κ2) is 7.33. The molecule has 1 amide bonds. The van der Waals surface area contributed by atoms with Crippen molar-refractivity contribution in [2.24, 2.45) is 0 Å². The second-order valence-electron chi connectivity index (χ2n) is 4.59. The van der Waals surface area contributed by atoms with Gasteiger partial charge >= 0.3 is 11.9 Å². The first-order chi connectivity index (χ1) is 11.3. The van der Waals surface area contributed by atoms with Gasteiger partial charge in [0.05, 0.1) is 6.07 Å². The Balaban J connectivity index is 1.99. The van der Waals surface area contributed by atoms with Gasteiger partial charge in [0, 0.05) is 15.7 Å². The van der Waals surface area contributed by atoms with Crippen molar-refractivity contribution in [1.29, 1.82) is 0 Å². The van der Waals surface area contributed by atoms with Crippen LogP contribution in [-0.4, -0.2) is 22.9 Å². The number of rotatable bonds is 5. The van der Waals surface area contributed by atoms with Crippen LogP contribution in [0.4, 0.5) is 11.6 Å². The molecule has 0 aliphatic carbocycles. The quantitative estimate of drug-likeness (QED) is 0.486. The number of amides is 1. The van der Waals surface area contributed by atoms with E-state index in [1.165, 1.54) is 25.1 Å². The lowest BCUT2D eigenvalue weighted by Crippen LogP contribution is -2.29. The van der Waals surface area contributed by atoms with E-state index in [0.29, 0.717) is 15.7 Å². The lowest BCUT2D eigenvalue weighted by atomic mass is 10.3. The van der Waals surface area contributed by atoms with Crippen LogP contribution in [0.3, 0.4) is 0 Å². The van der Waals surface area contributed by atoms with Crippen molar-refractivity contribution in [3.05, 3.63) is 56.3 Å². The van der Waals surface area contributed by atoms with Gasteiger partial charge in [-0.2, -0.15) is 0 Å². The van der Waals surface area contributed by atoms with Crippen molar-refractivity contribution in [1.82, 2.24) is 0 Å². The molecule has 1 unspecified atom stereocenters. The average Bonchev–Trinajstić information content (AvgIpc) is 2.96. The molecule has 126 valence electrons. The number of benzene rings is 1. The molecule has 1 N–H and O–H groups in total. The number of carbonyl (C=O) groups excluding carboxylic acids is 2. The Morgan fingerprint density at radius 3 is 2.42 bits per heavy atom. The standard InChI is InChI=1S/C14H10Cl2N2O6/c1-7(13(19)17-10-5-8(15)4-9(16)6-10)23-14(20)11-2-3-12(24-11)18(21)22/h2-7H,1H3,(H,17,19). The number of nitrogens with one attached hydrogen (secondary N) is 1. The molecule has 24 heavy (non-hydrogen) atoms. The van der Waals surface area contributed by atoms with E-state index < -0.39 is 28.8 Å². The van der Waals surface area contributed by atoms with Crippen LogP contribution in [0.15, 0.2) is 34.7 Å². The fourth-order valence-electron chi connectivity index (χ4n) is 1.68. The summed E-state index contributed by atoms with van der Waals surface area (Å²) < 4.78 is 9.59. The zero-order chi connectivity index (χ0) is 17.9. The van der Waals surface area contributed by atoms with Gasteiger partial charge in [-0.1, -0.05) is 23.2 Å². The Morgan fingerprint density at radius 1 is 1.25 bits per heavy atom. The van der Waals surface area contributed by atoms with Gasteiger partial charge in [-0.05, 0) is 31.2 Å². The van der Waals surface area contributed by atoms with Gasteiger partial charge in [-0.3, -0.25) is 14.9 Å². The van der Waals surface area contributed by atoms with Crippen LogP contribution in [0.5, 0.6) is 0 Å². The first-order valence-corrected chi connectivity index (χ1v) is 7.24. The lowest BCUT2D eigenvalue weighted by Gasteiger charge is -2.13. The summed E-state index contributed by atoms with van der Waals surface area (Å²) in [5.41, 5.74) is 0.328. The average molecular weight is 373 g/mol. The first-order valence-electron chi connectivity index (χ1n) is 6.48.